The molecule has 2 heterocycles. The van der Waals surface area contributed by atoms with Crippen molar-refractivity contribution >= 4 is 52.3 Å². The van der Waals surface area contributed by atoms with E-state index in [4.69, 9.17) is 21.1 Å². The van der Waals surface area contributed by atoms with Crippen LogP contribution in [0.5, 0.6) is 5.75 Å². The van der Waals surface area contributed by atoms with Crippen molar-refractivity contribution in [3.8, 4) is 22.3 Å². The Morgan fingerprint density at radius 2 is 1.72 bits per heavy atom. The highest BCUT2D eigenvalue weighted by Gasteiger charge is 2.64. The molecule has 1 aromatic heterocycles. The lowest BCUT2D eigenvalue weighted by Gasteiger charge is -2.63. The van der Waals surface area contributed by atoms with E-state index >= 15 is 4.39 Å². The molecular weight excluding hydrogens is 921 g/mol. The van der Waals surface area contributed by atoms with Crippen LogP contribution in [0.1, 0.15) is 114 Å². The Hall–Kier alpha value is -5.60. The lowest BCUT2D eigenvalue weighted by Crippen LogP contribution is -2.74. The number of nitrogens with one attached hydrogen (secondary N) is 4. The molecule has 6 rings (SSSR count). The highest BCUT2D eigenvalue weighted by molar-refractivity contribution is 7.13. The van der Waals surface area contributed by atoms with E-state index in [1.807, 2.05) is 98.2 Å². The number of hydrogen-bond acceptors (Lipinski definition) is 11. The van der Waals surface area contributed by atoms with Crippen LogP contribution in [0.4, 0.5) is 10.1 Å². The number of aromatic nitrogens is 1. The second-order valence-corrected chi connectivity index (χ2v) is 21.7. The van der Waals surface area contributed by atoms with Gasteiger partial charge in [0, 0.05) is 54.7 Å². The quantitative estimate of drug-likeness (QED) is 0.0570. The molecule has 1 aliphatic carbocycles. The molecule has 0 radical (unpaired) electrons. The summed E-state index contributed by atoms with van der Waals surface area (Å²) in [6.07, 6.45) is 1.03. The summed E-state index contributed by atoms with van der Waals surface area (Å²) in [6.45, 7) is 17.8. The second kappa shape index (κ2) is 22.0. The molecule has 17 heteroatoms. The van der Waals surface area contributed by atoms with Crippen LogP contribution >= 0.6 is 22.9 Å². The molecule has 2 aliphatic rings. The zero-order chi connectivity index (χ0) is 50.4. The van der Waals surface area contributed by atoms with E-state index in [0.717, 1.165) is 34.5 Å². The summed E-state index contributed by atoms with van der Waals surface area (Å²) in [5.74, 6) is -1.96. The Labute approximate surface area is 413 Å². The molecule has 69 heavy (non-hydrogen) atoms. The zero-order valence-corrected chi connectivity index (χ0v) is 42.4. The maximum atomic E-state index is 15.3. The van der Waals surface area contributed by atoms with Gasteiger partial charge in [-0.3, -0.25) is 19.2 Å². The standard InChI is InChI=1S/C52H65ClFN7O7S/c1-30(32-13-15-33(16-14-32)43-31(2)57-29-69-43)58-46(65)41-24-36(62)27-61(41)47(66)44(50(3,4)5)59-42(63)28-67-22-12-10-11-21-56-35-18-20-38(40(54)23-35)45(64)60-48-51(6,7)49(52(48,8)9)68-37-19-17-34(26-55)39(53)25-37/h13-20,23,25,29-30,36,41,44,48-49,56,62H,10-12,21-22,24,27-28H2,1-9H3,(H,58,65)(H,59,63)(H,60,64)/t30-,36+,41-,44?,48?,49?/m0/s1. The fraction of sp³-hybridized carbons (Fsp3) is 0.500. The van der Waals surface area contributed by atoms with Gasteiger partial charge in [-0.2, -0.15) is 5.26 Å². The molecule has 0 bridgehead atoms. The Morgan fingerprint density at radius 3 is 2.35 bits per heavy atom. The number of nitrogens with zero attached hydrogens (tertiary/aromatic N) is 3. The van der Waals surface area contributed by atoms with Crippen LogP contribution in [0.2, 0.25) is 5.02 Å². The van der Waals surface area contributed by atoms with Gasteiger partial charge in [0.15, 0.2) is 0 Å². The normalized spacial score (nSPS) is 20.2. The summed E-state index contributed by atoms with van der Waals surface area (Å²) in [5, 5.41) is 32.2. The summed E-state index contributed by atoms with van der Waals surface area (Å²) in [5.41, 5.74) is 3.78. The molecule has 14 nitrogen and oxygen atoms in total. The third-order valence-corrected chi connectivity index (χ3v) is 14.5. The van der Waals surface area contributed by atoms with Crippen LogP contribution < -0.4 is 26.0 Å². The predicted molar refractivity (Wildman–Crippen MR) is 265 cm³/mol. The first-order valence-corrected chi connectivity index (χ1v) is 24.7. The number of benzene rings is 3. The zero-order valence-electron chi connectivity index (χ0n) is 40.9. The topological polar surface area (TPSA) is 195 Å². The number of ether oxygens (including phenoxy) is 2. The number of thiazole rings is 1. The minimum Gasteiger partial charge on any atom is -0.489 e. The fourth-order valence-corrected chi connectivity index (χ4v) is 10.8. The lowest BCUT2D eigenvalue weighted by molar-refractivity contribution is -0.164. The predicted octanol–water partition coefficient (Wildman–Crippen LogP) is 8.36. The van der Waals surface area contributed by atoms with E-state index in [9.17, 15) is 29.5 Å². The van der Waals surface area contributed by atoms with Crippen molar-refractivity contribution < 1.29 is 38.1 Å². The van der Waals surface area contributed by atoms with Crippen molar-refractivity contribution in [2.45, 2.75) is 124 Å². The van der Waals surface area contributed by atoms with Crippen molar-refractivity contribution in [3.05, 3.63) is 99.4 Å². The Morgan fingerprint density at radius 1 is 1.01 bits per heavy atom. The van der Waals surface area contributed by atoms with E-state index < -0.39 is 58.0 Å². The summed E-state index contributed by atoms with van der Waals surface area (Å²) >= 11 is 7.78. The van der Waals surface area contributed by atoms with E-state index in [2.05, 4.69) is 26.3 Å². The SMILES string of the molecule is Cc1ncsc1-c1ccc([C@H](C)NC(=O)[C@@H]2C[C@@H](O)CN2C(=O)C(NC(=O)COCCCCCNc2ccc(C(=O)NC3C(C)(C)C(Oc4ccc(C#N)c(Cl)c4)C3(C)C)c(F)c2)C(C)(C)C)cc1. The van der Waals surface area contributed by atoms with Crippen LogP contribution in [0.3, 0.4) is 0 Å². The molecule has 1 saturated heterocycles. The van der Waals surface area contributed by atoms with Crippen LogP contribution in [-0.4, -0.2) is 95.3 Å². The first kappa shape index (κ1) is 52.8. The van der Waals surface area contributed by atoms with Crippen molar-refractivity contribution in [2.24, 2.45) is 16.2 Å². The van der Waals surface area contributed by atoms with Crippen LogP contribution in [-0.2, 0) is 19.1 Å². The summed E-state index contributed by atoms with van der Waals surface area (Å²) in [4.78, 5) is 60.9. The number of rotatable bonds is 19. The van der Waals surface area contributed by atoms with Gasteiger partial charge in [-0.15, -0.1) is 11.3 Å². The van der Waals surface area contributed by atoms with Crippen LogP contribution in [0.15, 0.2) is 66.2 Å². The number of amides is 4. The molecule has 3 aromatic carbocycles. The summed E-state index contributed by atoms with van der Waals surface area (Å²) < 4.78 is 27.3. The number of halogens is 2. The average molecular weight is 987 g/mol. The number of aryl methyl sites for hydroxylation is 1. The number of likely N-dealkylation sites (tertiary alicyclic amines) is 1. The number of aliphatic hydroxyl groups is 1. The van der Waals surface area contributed by atoms with Gasteiger partial charge in [0.2, 0.25) is 17.7 Å². The smallest absolute Gasteiger partial charge is 0.254 e. The highest BCUT2D eigenvalue weighted by Crippen LogP contribution is 2.55. The van der Waals surface area contributed by atoms with Gasteiger partial charge in [0.05, 0.1) is 44.4 Å². The van der Waals surface area contributed by atoms with Crippen LogP contribution in [0.25, 0.3) is 10.4 Å². The monoisotopic (exact) mass is 985 g/mol. The van der Waals surface area contributed by atoms with Gasteiger partial charge >= 0.3 is 0 Å². The third kappa shape index (κ3) is 12.4. The van der Waals surface area contributed by atoms with Crippen LogP contribution in [0, 0.1) is 40.3 Å². The molecule has 5 N–H and O–H groups in total. The van der Waals surface area contributed by atoms with E-state index in [1.165, 1.54) is 17.0 Å². The molecule has 4 amide bonds. The van der Waals surface area contributed by atoms with Gasteiger partial charge in [-0.1, -0.05) is 84.3 Å². The molecule has 4 aromatic rings. The number of hydrogen-bond donors (Lipinski definition) is 5. The second-order valence-electron chi connectivity index (χ2n) is 20.4. The number of anilines is 1. The minimum atomic E-state index is -0.980. The number of β-amino-alcohol motifs (C(OH)–C–C–N with tert-alkyl or cyclic N) is 1. The largest absolute Gasteiger partial charge is 0.489 e. The van der Waals surface area contributed by atoms with Gasteiger partial charge in [0.1, 0.15) is 42.4 Å². The molecule has 0 spiro atoms. The Kier molecular flexibility index (Phi) is 16.8. The molecule has 370 valence electrons. The summed E-state index contributed by atoms with van der Waals surface area (Å²) in [6, 6.07) is 16.7. The molecular formula is C52H65ClFN7O7S. The Bertz CT molecular complexity index is 2520. The Balaban J connectivity index is 0.901. The number of aliphatic hydroxyl groups excluding tert-OH is 1. The van der Waals surface area contributed by atoms with Gasteiger partial charge in [-0.05, 0) is 80.0 Å². The van der Waals surface area contributed by atoms with Crippen molar-refractivity contribution in [1.29, 1.82) is 5.26 Å². The molecule has 4 atom stereocenters. The number of carbonyl (C=O) groups is 4. The first-order chi connectivity index (χ1) is 32.5. The molecule has 1 aliphatic heterocycles. The fourth-order valence-electron chi connectivity index (χ4n) is 9.74. The average Bonchev–Trinajstić information content (AvgIpc) is 3.91. The van der Waals surface area contributed by atoms with Gasteiger partial charge in [0.25, 0.3) is 5.91 Å². The van der Waals surface area contributed by atoms with E-state index in [1.54, 1.807) is 35.6 Å². The molecule has 1 saturated carbocycles. The molecule has 2 fully saturated rings. The van der Waals surface area contributed by atoms with Crippen molar-refractivity contribution in [2.75, 3.05) is 31.6 Å². The highest BCUT2D eigenvalue weighted by atomic mass is 35.5. The van der Waals surface area contributed by atoms with E-state index in [-0.39, 0.29) is 49.2 Å². The number of nitriles is 1. The van der Waals surface area contributed by atoms with Crippen molar-refractivity contribution in [1.82, 2.24) is 25.8 Å². The van der Waals surface area contributed by atoms with Gasteiger partial charge < -0.3 is 40.7 Å². The number of carbonyl (C=O) groups excluding carboxylic acids is 4. The van der Waals surface area contributed by atoms with E-state index in [0.29, 0.717) is 41.6 Å². The number of unbranched alkanes of at least 4 members (excludes halogenated alkanes) is 2. The first-order valence-electron chi connectivity index (χ1n) is 23.4. The maximum Gasteiger partial charge on any atom is 0.254 e. The van der Waals surface area contributed by atoms with Gasteiger partial charge in [-0.25, -0.2) is 9.37 Å². The molecule has 1 unspecified atom stereocenters. The maximum absolute atomic E-state index is 15.3. The minimum absolute atomic E-state index is 0.0324. The summed E-state index contributed by atoms with van der Waals surface area (Å²) in [7, 11) is 0. The van der Waals surface area contributed by atoms with Crippen molar-refractivity contribution in [3.63, 3.8) is 0 Å². The lowest BCUT2D eigenvalue weighted by atomic mass is 9.49. The third-order valence-electron chi connectivity index (χ3n) is 13.2.